The van der Waals surface area contributed by atoms with E-state index in [-0.39, 0.29) is 12.7 Å². The second-order valence-corrected chi connectivity index (χ2v) is 5.41. The van der Waals surface area contributed by atoms with Crippen LogP contribution in [0.2, 0.25) is 0 Å². The molecule has 1 amide bonds. The van der Waals surface area contributed by atoms with Crippen molar-refractivity contribution < 1.29 is 23.9 Å². The number of hydrogen-bond acceptors (Lipinski definition) is 5. The molecule has 0 spiro atoms. The fourth-order valence-corrected chi connectivity index (χ4v) is 1.58. The van der Waals surface area contributed by atoms with Crippen molar-refractivity contribution in [1.82, 2.24) is 0 Å². The second kappa shape index (κ2) is 8.73. The van der Waals surface area contributed by atoms with Gasteiger partial charge in [0.2, 0.25) is 0 Å². The molecule has 0 saturated carbocycles. The minimum absolute atomic E-state index is 0.197. The summed E-state index contributed by atoms with van der Waals surface area (Å²) in [5.41, 5.74) is 1.68. The zero-order chi connectivity index (χ0) is 17.4. The van der Waals surface area contributed by atoms with Gasteiger partial charge in [-0.15, -0.1) is 0 Å². The first-order valence-corrected chi connectivity index (χ1v) is 7.20. The van der Waals surface area contributed by atoms with Gasteiger partial charge in [0.25, 0.3) is 5.91 Å². The number of anilines is 1. The fourth-order valence-electron chi connectivity index (χ4n) is 1.58. The maximum Gasteiger partial charge on any atom is 0.338 e. The lowest BCUT2D eigenvalue weighted by Gasteiger charge is -2.09. The molecule has 0 aliphatic carbocycles. The summed E-state index contributed by atoms with van der Waals surface area (Å²) in [6, 6.07) is 6.25. The predicted molar refractivity (Wildman–Crippen MR) is 86.0 cm³/mol. The molecule has 0 atom stereocenters. The molecule has 1 N–H and O–H groups in total. The van der Waals surface area contributed by atoms with Gasteiger partial charge in [0.05, 0.1) is 11.7 Å². The van der Waals surface area contributed by atoms with Crippen molar-refractivity contribution in [2.75, 3.05) is 11.9 Å². The van der Waals surface area contributed by atoms with Gasteiger partial charge in [-0.3, -0.25) is 4.79 Å². The molecule has 6 heteroatoms. The van der Waals surface area contributed by atoms with E-state index in [1.807, 2.05) is 0 Å². The summed E-state index contributed by atoms with van der Waals surface area (Å²) in [5, 5.41) is 2.57. The zero-order valence-electron chi connectivity index (χ0n) is 13.7. The van der Waals surface area contributed by atoms with Crippen LogP contribution >= 0.6 is 0 Å². The minimum Gasteiger partial charge on any atom is -0.459 e. The van der Waals surface area contributed by atoms with E-state index in [1.165, 1.54) is 6.08 Å². The Balaban J connectivity index is 2.51. The second-order valence-electron chi connectivity index (χ2n) is 5.41. The maximum atomic E-state index is 11.7. The number of nitrogens with one attached hydrogen (secondary N) is 1. The summed E-state index contributed by atoms with van der Waals surface area (Å²) in [7, 11) is 0. The van der Waals surface area contributed by atoms with E-state index in [1.54, 1.807) is 52.0 Å². The third-order valence-electron chi connectivity index (χ3n) is 2.50. The highest BCUT2D eigenvalue weighted by molar-refractivity contribution is 5.95. The van der Waals surface area contributed by atoms with Crippen molar-refractivity contribution >= 4 is 23.5 Å². The standard InChI is InChI=1S/C17H21NO5/c1-11(2)9-16(20)22-10-15(19)18-14-7-5-13(6-8-14)17(21)23-12(3)4/h5-9,12H,10H2,1-4H3,(H,18,19). The molecule has 1 rings (SSSR count). The Morgan fingerprint density at radius 3 is 2.26 bits per heavy atom. The van der Waals surface area contributed by atoms with Gasteiger partial charge in [0.1, 0.15) is 0 Å². The maximum absolute atomic E-state index is 11.7. The monoisotopic (exact) mass is 319 g/mol. The number of benzene rings is 1. The highest BCUT2D eigenvalue weighted by atomic mass is 16.5. The molecule has 124 valence electrons. The molecule has 0 radical (unpaired) electrons. The number of carbonyl (C=O) groups is 3. The SMILES string of the molecule is CC(C)=CC(=O)OCC(=O)Nc1ccc(C(=O)OC(C)C)cc1. The predicted octanol–water partition coefficient (Wildman–Crippen LogP) is 2.70. The minimum atomic E-state index is -0.563. The van der Waals surface area contributed by atoms with Gasteiger partial charge in [-0.2, -0.15) is 0 Å². The van der Waals surface area contributed by atoms with Gasteiger partial charge >= 0.3 is 11.9 Å². The molecule has 0 bridgehead atoms. The van der Waals surface area contributed by atoms with Crippen molar-refractivity contribution in [3.8, 4) is 0 Å². The molecular formula is C17H21NO5. The highest BCUT2D eigenvalue weighted by Crippen LogP contribution is 2.11. The fraction of sp³-hybridized carbons (Fsp3) is 0.353. The Bertz CT molecular complexity index is 598. The molecule has 0 fully saturated rings. The summed E-state index contributed by atoms with van der Waals surface area (Å²) in [5.74, 6) is -1.45. The van der Waals surface area contributed by atoms with E-state index < -0.39 is 17.8 Å². The Hall–Kier alpha value is -2.63. The Morgan fingerprint density at radius 1 is 1.13 bits per heavy atom. The van der Waals surface area contributed by atoms with E-state index in [0.29, 0.717) is 11.3 Å². The first-order valence-electron chi connectivity index (χ1n) is 7.20. The third kappa shape index (κ3) is 7.26. The van der Waals surface area contributed by atoms with Crippen LogP contribution in [0.5, 0.6) is 0 Å². The van der Waals surface area contributed by atoms with Crippen LogP contribution in [-0.2, 0) is 19.1 Å². The number of rotatable bonds is 6. The van der Waals surface area contributed by atoms with Crippen LogP contribution in [0.3, 0.4) is 0 Å². The smallest absolute Gasteiger partial charge is 0.338 e. The number of hydrogen-bond donors (Lipinski definition) is 1. The molecule has 23 heavy (non-hydrogen) atoms. The summed E-state index contributed by atoms with van der Waals surface area (Å²) in [4.78, 5) is 34.6. The van der Waals surface area contributed by atoms with Crippen molar-refractivity contribution in [2.24, 2.45) is 0 Å². The summed E-state index contributed by atoms with van der Waals surface area (Å²) < 4.78 is 9.86. The molecule has 0 aromatic heterocycles. The molecule has 1 aromatic carbocycles. The lowest BCUT2D eigenvalue weighted by atomic mass is 10.2. The molecular weight excluding hydrogens is 298 g/mol. The molecule has 6 nitrogen and oxygen atoms in total. The zero-order valence-corrected chi connectivity index (χ0v) is 13.7. The number of amides is 1. The topological polar surface area (TPSA) is 81.7 Å². The number of ether oxygens (including phenoxy) is 2. The van der Waals surface area contributed by atoms with Crippen molar-refractivity contribution in [3.63, 3.8) is 0 Å². The van der Waals surface area contributed by atoms with E-state index in [0.717, 1.165) is 5.57 Å². The molecule has 0 aliphatic rings. The average molecular weight is 319 g/mol. The van der Waals surface area contributed by atoms with E-state index >= 15 is 0 Å². The van der Waals surface area contributed by atoms with Gasteiger partial charge < -0.3 is 14.8 Å². The highest BCUT2D eigenvalue weighted by Gasteiger charge is 2.10. The van der Waals surface area contributed by atoms with Crippen LogP contribution in [0.15, 0.2) is 35.9 Å². The lowest BCUT2D eigenvalue weighted by Crippen LogP contribution is -2.20. The molecule has 0 unspecified atom stereocenters. The first-order chi connectivity index (χ1) is 10.8. The number of esters is 2. The van der Waals surface area contributed by atoms with Gasteiger partial charge in [-0.25, -0.2) is 9.59 Å². The molecule has 0 aliphatic heterocycles. The Kier molecular flexibility index (Phi) is 6.99. The van der Waals surface area contributed by atoms with Crippen molar-refractivity contribution in [2.45, 2.75) is 33.8 Å². The Morgan fingerprint density at radius 2 is 1.74 bits per heavy atom. The Labute approximate surface area is 135 Å². The lowest BCUT2D eigenvalue weighted by molar-refractivity contribution is -0.142. The average Bonchev–Trinajstić information content (AvgIpc) is 2.44. The van der Waals surface area contributed by atoms with Crippen LogP contribution in [0, 0.1) is 0 Å². The van der Waals surface area contributed by atoms with Crippen LogP contribution in [0.25, 0.3) is 0 Å². The van der Waals surface area contributed by atoms with Crippen molar-refractivity contribution in [1.29, 1.82) is 0 Å². The van der Waals surface area contributed by atoms with Crippen LogP contribution in [0.4, 0.5) is 5.69 Å². The molecule has 0 saturated heterocycles. The first kappa shape index (κ1) is 18.4. The van der Waals surface area contributed by atoms with Crippen LogP contribution in [0.1, 0.15) is 38.1 Å². The largest absolute Gasteiger partial charge is 0.459 e. The summed E-state index contributed by atoms with van der Waals surface area (Å²) >= 11 is 0. The van der Waals surface area contributed by atoms with Crippen LogP contribution < -0.4 is 5.32 Å². The van der Waals surface area contributed by atoms with Gasteiger partial charge in [-0.1, -0.05) is 5.57 Å². The van der Waals surface area contributed by atoms with Crippen molar-refractivity contribution in [3.05, 3.63) is 41.5 Å². The van der Waals surface area contributed by atoms with Gasteiger partial charge in [0, 0.05) is 11.8 Å². The normalized spacial score (nSPS) is 9.96. The molecule has 0 heterocycles. The van der Waals surface area contributed by atoms with E-state index in [9.17, 15) is 14.4 Å². The van der Waals surface area contributed by atoms with E-state index in [2.05, 4.69) is 5.32 Å². The summed E-state index contributed by atoms with van der Waals surface area (Å²) in [6.45, 7) is 6.67. The quantitative estimate of drug-likeness (QED) is 0.644. The van der Waals surface area contributed by atoms with E-state index in [4.69, 9.17) is 9.47 Å². The number of carbonyl (C=O) groups excluding carboxylic acids is 3. The van der Waals surface area contributed by atoms with Crippen LogP contribution in [-0.4, -0.2) is 30.6 Å². The van der Waals surface area contributed by atoms with Gasteiger partial charge in [-0.05, 0) is 52.0 Å². The third-order valence-corrected chi connectivity index (χ3v) is 2.50. The molecule has 1 aromatic rings. The van der Waals surface area contributed by atoms with Gasteiger partial charge in [0.15, 0.2) is 6.61 Å². The number of allylic oxidation sites excluding steroid dienone is 1. The summed E-state index contributed by atoms with van der Waals surface area (Å²) in [6.07, 6.45) is 1.11.